The van der Waals surface area contributed by atoms with Crippen LogP contribution in [0.1, 0.15) is 18.1 Å². The lowest BCUT2D eigenvalue weighted by atomic mass is 10.0. The number of nitrogens with two attached hydrogens (primary N) is 1. The van der Waals surface area contributed by atoms with E-state index in [0.717, 1.165) is 24.3 Å². The molecule has 6 nitrogen and oxygen atoms in total. The van der Waals surface area contributed by atoms with E-state index < -0.39 is 0 Å². The number of guanidine groups is 1. The van der Waals surface area contributed by atoms with Gasteiger partial charge >= 0.3 is 0 Å². The molecule has 6 heteroatoms. The monoisotopic (exact) mass is 371 g/mol. The largest absolute Gasteiger partial charge is 0.497 e. The Hall–Kier alpha value is -2.89. The first kappa shape index (κ1) is 20.4. The third-order valence-electron chi connectivity index (χ3n) is 4.25. The summed E-state index contributed by atoms with van der Waals surface area (Å²) < 4.78 is 15.7. The minimum Gasteiger partial charge on any atom is -0.497 e. The number of methoxy groups -OCH3 is 3. The van der Waals surface area contributed by atoms with Crippen LogP contribution in [0.3, 0.4) is 0 Å². The van der Waals surface area contributed by atoms with Gasteiger partial charge in [0.2, 0.25) is 0 Å². The third kappa shape index (κ3) is 6.40. The Labute approximate surface area is 161 Å². The summed E-state index contributed by atoms with van der Waals surface area (Å²) >= 11 is 0. The maximum atomic E-state index is 5.99. The van der Waals surface area contributed by atoms with Crippen LogP contribution in [0.25, 0.3) is 0 Å². The normalized spacial score (nSPS) is 12.4. The van der Waals surface area contributed by atoms with E-state index in [4.69, 9.17) is 19.9 Å². The van der Waals surface area contributed by atoms with Crippen molar-refractivity contribution in [3.63, 3.8) is 0 Å². The molecule has 0 heterocycles. The molecule has 1 atom stereocenters. The predicted octanol–water partition coefficient (Wildman–Crippen LogP) is 3.00. The number of rotatable bonds is 9. The Morgan fingerprint density at radius 1 is 0.963 bits per heavy atom. The highest BCUT2D eigenvalue weighted by Gasteiger charge is 2.06. The van der Waals surface area contributed by atoms with E-state index in [9.17, 15) is 0 Å². The maximum absolute atomic E-state index is 5.99. The Balaban J connectivity index is 1.82. The van der Waals surface area contributed by atoms with Gasteiger partial charge in [-0.25, -0.2) is 4.99 Å². The van der Waals surface area contributed by atoms with Crippen molar-refractivity contribution in [2.45, 2.75) is 19.9 Å². The molecule has 0 amide bonds. The van der Waals surface area contributed by atoms with Crippen LogP contribution in [-0.4, -0.2) is 33.8 Å². The SMILES string of the molecule is COc1ccc(CC(C)CNC(N)=NCc2ccc(OC)c(OC)c2)cc1. The fraction of sp³-hybridized carbons (Fsp3) is 0.381. The van der Waals surface area contributed by atoms with Gasteiger partial charge in [0.05, 0.1) is 27.9 Å². The summed E-state index contributed by atoms with van der Waals surface area (Å²) in [6.07, 6.45) is 0.958. The van der Waals surface area contributed by atoms with Crippen molar-refractivity contribution in [3.05, 3.63) is 53.6 Å². The fourth-order valence-corrected chi connectivity index (χ4v) is 2.73. The highest BCUT2D eigenvalue weighted by Crippen LogP contribution is 2.27. The summed E-state index contributed by atoms with van der Waals surface area (Å²) in [4.78, 5) is 4.40. The highest BCUT2D eigenvalue weighted by molar-refractivity contribution is 5.77. The minimum atomic E-state index is 0.424. The lowest BCUT2D eigenvalue weighted by Gasteiger charge is -2.14. The number of hydrogen-bond acceptors (Lipinski definition) is 4. The second-order valence-electron chi connectivity index (χ2n) is 6.43. The van der Waals surface area contributed by atoms with Gasteiger partial charge in [-0.05, 0) is 47.7 Å². The molecule has 0 fully saturated rings. The first-order chi connectivity index (χ1) is 13.0. The molecule has 0 spiro atoms. The van der Waals surface area contributed by atoms with Gasteiger partial charge in [0.25, 0.3) is 0 Å². The van der Waals surface area contributed by atoms with Crippen molar-refractivity contribution in [1.82, 2.24) is 5.32 Å². The van der Waals surface area contributed by atoms with Crippen LogP contribution in [0, 0.1) is 5.92 Å². The zero-order valence-corrected chi connectivity index (χ0v) is 16.5. The highest BCUT2D eigenvalue weighted by atomic mass is 16.5. The number of nitrogens with zero attached hydrogens (tertiary/aromatic N) is 1. The van der Waals surface area contributed by atoms with Crippen LogP contribution < -0.4 is 25.3 Å². The van der Waals surface area contributed by atoms with Crippen LogP contribution >= 0.6 is 0 Å². The molecule has 3 N–H and O–H groups in total. The van der Waals surface area contributed by atoms with E-state index in [1.165, 1.54) is 5.56 Å². The minimum absolute atomic E-state index is 0.424. The summed E-state index contributed by atoms with van der Waals surface area (Å²) in [5.74, 6) is 3.11. The lowest BCUT2D eigenvalue weighted by molar-refractivity contribution is 0.354. The number of aliphatic imine (C=N–C) groups is 1. The molecule has 0 saturated heterocycles. The van der Waals surface area contributed by atoms with Crippen molar-refractivity contribution in [3.8, 4) is 17.2 Å². The van der Waals surface area contributed by atoms with Gasteiger partial charge < -0.3 is 25.3 Å². The Bertz CT molecular complexity index is 745. The van der Waals surface area contributed by atoms with Crippen molar-refractivity contribution >= 4 is 5.96 Å². The topological polar surface area (TPSA) is 78.1 Å². The van der Waals surface area contributed by atoms with Crippen molar-refractivity contribution in [2.24, 2.45) is 16.6 Å². The lowest BCUT2D eigenvalue weighted by Crippen LogP contribution is -2.35. The molecule has 0 bridgehead atoms. The average Bonchev–Trinajstić information content (AvgIpc) is 2.71. The molecule has 2 rings (SSSR count). The number of hydrogen-bond donors (Lipinski definition) is 2. The summed E-state index contributed by atoms with van der Waals surface area (Å²) in [7, 11) is 4.90. The van der Waals surface area contributed by atoms with E-state index in [1.54, 1.807) is 21.3 Å². The van der Waals surface area contributed by atoms with Crippen molar-refractivity contribution in [1.29, 1.82) is 0 Å². The van der Waals surface area contributed by atoms with Crippen LogP contribution in [0.15, 0.2) is 47.5 Å². The first-order valence-corrected chi connectivity index (χ1v) is 8.93. The second kappa shape index (κ2) is 10.3. The first-order valence-electron chi connectivity index (χ1n) is 8.93. The molecule has 2 aromatic rings. The van der Waals surface area contributed by atoms with Crippen LogP contribution in [0.5, 0.6) is 17.2 Å². The molecule has 2 aromatic carbocycles. The van der Waals surface area contributed by atoms with E-state index in [1.807, 2.05) is 30.3 Å². The quantitative estimate of drug-likeness (QED) is 0.523. The molecule has 0 saturated carbocycles. The molecule has 0 aliphatic heterocycles. The zero-order valence-electron chi connectivity index (χ0n) is 16.5. The van der Waals surface area contributed by atoms with E-state index in [2.05, 4.69) is 29.4 Å². The third-order valence-corrected chi connectivity index (χ3v) is 4.25. The Morgan fingerprint density at radius 3 is 2.26 bits per heavy atom. The summed E-state index contributed by atoms with van der Waals surface area (Å²) in [6.45, 7) is 3.41. The second-order valence-corrected chi connectivity index (χ2v) is 6.43. The Morgan fingerprint density at radius 2 is 1.63 bits per heavy atom. The number of benzene rings is 2. The zero-order chi connectivity index (χ0) is 19.6. The van der Waals surface area contributed by atoms with E-state index in [-0.39, 0.29) is 0 Å². The summed E-state index contributed by atoms with van der Waals surface area (Å²) in [6, 6.07) is 13.9. The molecule has 0 aliphatic carbocycles. The fourth-order valence-electron chi connectivity index (χ4n) is 2.73. The number of nitrogens with one attached hydrogen (secondary N) is 1. The van der Waals surface area contributed by atoms with Gasteiger partial charge in [0.15, 0.2) is 17.5 Å². The van der Waals surface area contributed by atoms with Crippen LogP contribution in [0.4, 0.5) is 0 Å². The van der Waals surface area contributed by atoms with Crippen LogP contribution in [0.2, 0.25) is 0 Å². The summed E-state index contributed by atoms with van der Waals surface area (Å²) in [5, 5.41) is 3.19. The van der Waals surface area contributed by atoms with E-state index in [0.29, 0.717) is 29.9 Å². The standard InChI is InChI=1S/C21H29N3O3/c1-15(11-16-5-8-18(25-2)9-6-16)13-23-21(22)24-14-17-7-10-19(26-3)20(12-17)27-4/h5-10,12,15H,11,13-14H2,1-4H3,(H3,22,23,24). The van der Waals surface area contributed by atoms with Gasteiger partial charge in [0.1, 0.15) is 5.75 Å². The molecule has 27 heavy (non-hydrogen) atoms. The molecule has 0 radical (unpaired) electrons. The molecule has 1 unspecified atom stereocenters. The van der Waals surface area contributed by atoms with Crippen molar-refractivity contribution < 1.29 is 14.2 Å². The van der Waals surface area contributed by atoms with Gasteiger partial charge in [0, 0.05) is 6.54 Å². The summed E-state index contributed by atoms with van der Waals surface area (Å²) in [5.41, 5.74) is 8.27. The van der Waals surface area contributed by atoms with Crippen LogP contribution in [-0.2, 0) is 13.0 Å². The maximum Gasteiger partial charge on any atom is 0.188 e. The smallest absolute Gasteiger partial charge is 0.188 e. The average molecular weight is 371 g/mol. The van der Waals surface area contributed by atoms with Gasteiger partial charge in [-0.15, -0.1) is 0 Å². The van der Waals surface area contributed by atoms with Crippen molar-refractivity contribution in [2.75, 3.05) is 27.9 Å². The van der Waals surface area contributed by atoms with Gasteiger partial charge in [-0.1, -0.05) is 25.1 Å². The molecule has 0 aliphatic rings. The molecule has 0 aromatic heterocycles. The predicted molar refractivity (Wildman–Crippen MR) is 109 cm³/mol. The van der Waals surface area contributed by atoms with Gasteiger partial charge in [-0.3, -0.25) is 0 Å². The van der Waals surface area contributed by atoms with Gasteiger partial charge in [-0.2, -0.15) is 0 Å². The molecular formula is C21H29N3O3. The Kier molecular flexibility index (Phi) is 7.79. The van der Waals surface area contributed by atoms with E-state index >= 15 is 0 Å². The number of ether oxygens (including phenoxy) is 3. The molecule has 146 valence electrons. The molecular weight excluding hydrogens is 342 g/mol.